The van der Waals surface area contributed by atoms with Crippen molar-refractivity contribution in [3.63, 3.8) is 0 Å². The van der Waals surface area contributed by atoms with Crippen LogP contribution >= 0.6 is 23.2 Å². The summed E-state index contributed by atoms with van der Waals surface area (Å²) in [5, 5.41) is 6.17. The number of benzene rings is 2. The Morgan fingerprint density at radius 1 is 1.03 bits per heavy atom. The van der Waals surface area contributed by atoms with Crippen molar-refractivity contribution in [3.05, 3.63) is 69.3 Å². The molecule has 3 amide bonds. The predicted molar refractivity (Wildman–Crippen MR) is 121 cm³/mol. The first kappa shape index (κ1) is 21.4. The summed E-state index contributed by atoms with van der Waals surface area (Å²) in [5.74, 6) is -1.38. The molecule has 1 aliphatic carbocycles. The van der Waals surface area contributed by atoms with E-state index in [2.05, 4.69) is 10.6 Å². The van der Waals surface area contributed by atoms with Gasteiger partial charge in [-0.1, -0.05) is 48.2 Å². The molecule has 1 aliphatic heterocycles. The molecule has 4 rings (SSSR count). The third-order valence-corrected chi connectivity index (χ3v) is 6.35. The van der Waals surface area contributed by atoms with Crippen LogP contribution in [-0.2, 0) is 9.59 Å². The van der Waals surface area contributed by atoms with E-state index in [1.807, 2.05) is 0 Å². The number of carbonyl (C=O) groups excluding carboxylic acids is 3. The van der Waals surface area contributed by atoms with Gasteiger partial charge < -0.3 is 10.6 Å². The number of carbonyl (C=O) groups is 3. The van der Waals surface area contributed by atoms with E-state index in [0.717, 1.165) is 30.6 Å². The first-order valence-corrected chi connectivity index (χ1v) is 10.8. The zero-order valence-corrected chi connectivity index (χ0v) is 18.4. The molecule has 0 aromatic heterocycles. The van der Waals surface area contributed by atoms with Gasteiger partial charge >= 0.3 is 0 Å². The highest BCUT2D eigenvalue weighted by molar-refractivity contribution is 6.53. The normalized spacial score (nSPS) is 16.9. The van der Waals surface area contributed by atoms with E-state index in [1.54, 1.807) is 49.4 Å². The third kappa shape index (κ3) is 4.18. The Morgan fingerprint density at radius 2 is 1.74 bits per heavy atom. The molecule has 0 spiro atoms. The molecule has 6 nitrogen and oxygen atoms in total. The molecule has 0 radical (unpaired) electrons. The van der Waals surface area contributed by atoms with Gasteiger partial charge in [-0.05, 0) is 55.7 Å². The van der Waals surface area contributed by atoms with Gasteiger partial charge in [0.2, 0.25) is 0 Å². The monoisotopic (exact) mass is 457 g/mol. The highest BCUT2D eigenvalue weighted by Gasteiger charge is 2.39. The lowest BCUT2D eigenvalue weighted by molar-refractivity contribution is -0.120. The van der Waals surface area contributed by atoms with Gasteiger partial charge in [0.05, 0.1) is 5.69 Å². The molecule has 0 saturated heterocycles. The maximum atomic E-state index is 13.0. The van der Waals surface area contributed by atoms with E-state index in [-0.39, 0.29) is 22.7 Å². The molecule has 160 valence electrons. The minimum Gasteiger partial charge on any atom is -0.350 e. The van der Waals surface area contributed by atoms with Gasteiger partial charge in [0.1, 0.15) is 10.7 Å². The van der Waals surface area contributed by atoms with Crippen molar-refractivity contribution in [1.29, 1.82) is 0 Å². The van der Waals surface area contributed by atoms with Gasteiger partial charge in [-0.15, -0.1) is 0 Å². The second-order valence-corrected chi connectivity index (χ2v) is 8.46. The van der Waals surface area contributed by atoms with E-state index < -0.39 is 11.8 Å². The Morgan fingerprint density at radius 3 is 2.48 bits per heavy atom. The Bertz CT molecular complexity index is 1110. The lowest BCUT2D eigenvalue weighted by atomic mass is 10.1. The molecule has 0 unspecified atom stereocenters. The molecule has 8 heteroatoms. The highest BCUT2D eigenvalue weighted by Crippen LogP contribution is 2.34. The number of anilines is 2. The summed E-state index contributed by atoms with van der Waals surface area (Å²) in [5.41, 5.74) is 1.88. The van der Waals surface area contributed by atoms with Gasteiger partial charge in [-0.25, -0.2) is 4.90 Å². The maximum Gasteiger partial charge on any atom is 0.283 e. The molecular formula is C23H21Cl2N3O3. The zero-order valence-electron chi connectivity index (χ0n) is 16.9. The summed E-state index contributed by atoms with van der Waals surface area (Å²) in [4.78, 5) is 39.3. The maximum absolute atomic E-state index is 13.0. The SMILES string of the molecule is Cc1c(Cl)cccc1N1C(=O)C(Cl)=C(Nc2cccc(C(=O)NC3CCCC3)c2)C1=O. The number of nitrogens with zero attached hydrogens (tertiary/aromatic N) is 1. The largest absolute Gasteiger partial charge is 0.350 e. The summed E-state index contributed by atoms with van der Waals surface area (Å²) in [6.45, 7) is 1.73. The number of halogens is 2. The Balaban J connectivity index is 1.55. The number of hydrogen-bond donors (Lipinski definition) is 2. The molecule has 2 aromatic rings. The summed E-state index contributed by atoms with van der Waals surface area (Å²) in [6.07, 6.45) is 4.22. The van der Waals surface area contributed by atoms with Crippen molar-refractivity contribution in [1.82, 2.24) is 5.32 Å². The van der Waals surface area contributed by atoms with Gasteiger partial charge in [0.15, 0.2) is 0 Å². The molecule has 1 heterocycles. The van der Waals surface area contributed by atoms with Gasteiger partial charge in [0.25, 0.3) is 17.7 Å². The average molecular weight is 458 g/mol. The molecule has 2 N–H and O–H groups in total. The van der Waals surface area contributed by atoms with Crippen LogP contribution < -0.4 is 15.5 Å². The minimum atomic E-state index is -0.630. The van der Waals surface area contributed by atoms with E-state index >= 15 is 0 Å². The zero-order chi connectivity index (χ0) is 22.1. The summed E-state index contributed by atoms with van der Waals surface area (Å²) >= 11 is 12.4. The predicted octanol–water partition coefficient (Wildman–Crippen LogP) is 4.76. The van der Waals surface area contributed by atoms with Crippen molar-refractivity contribution in [2.45, 2.75) is 38.6 Å². The van der Waals surface area contributed by atoms with Gasteiger partial charge in [-0.2, -0.15) is 0 Å². The summed E-state index contributed by atoms with van der Waals surface area (Å²) in [7, 11) is 0. The number of nitrogens with one attached hydrogen (secondary N) is 2. The van der Waals surface area contributed by atoms with E-state index in [1.165, 1.54) is 0 Å². The Hall–Kier alpha value is -2.83. The van der Waals surface area contributed by atoms with Crippen LogP contribution in [0.3, 0.4) is 0 Å². The third-order valence-electron chi connectivity index (χ3n) is 5.59. The van der Waals surface area contributed by atoms with Gasteiger partial charge in [0, 0.05) is 22.3 Å². The molecule has 2 aromatic carbocycles. The fraction of sp³-hybridized carbons (Fsp3) is 0.261. The molecular weight excluding hydrogens is 437 g/mol. The van der Waals surface area contributed by atoms with E-state index in [4.69, 9.17) is 23.2 Å². The quantitative estimate of drug-likeness (QED) is 0.634. The van der Waals surface area contributed by atoms with E-state index in [0.29, 0.717) is 27.5 Å². The molecule has 2 aliphatic rings. The van der Waals surface area contributed by atoms with Crippen molar-refractivity contribution in [2.75, 3.05) is 10.2 Å². The van der Waals surface area contributed by atoms with Crippen LogP contribution in [0.4, 0.5) is 11.4 Å². The van der Waals surface area contributed by atoms with Crippen LogP contribution in [0, 0.1) is 6.92 Å². The first-order valence-electron chi connectivity index (χ1n) is 10.1. The number of rotatable bonds is 5. The smallest absolute Gasteiger partial charge is 0.283 e. The van der Waals surface area contributed by atoms with Crippen molar-refractivity contribution in [3.8, 4) is 0 Å². The second kappa shape index (κ2) is 8.73. The fourth-order valence-electron chi connectivity index (χ4n) is 3.89. The lowest BCUT2D eigenvalue weighted by Crippen LogP contribution is -2.33. The molecule has 1 saturated carbocycles. The number of hydrogen-bond acceptors (Lipinski definition) is 4. The van der Waals surface area contributed by atoms with Crippen molar-refractivity contribution < 1.29 is 14.4 Å². The number of imide groups is 1. The van der Waals surface area contributed by atoms with Gasteiger partial charge in [-0.3, -0.25) is 14.4 Å². The molecule has 31 heavy (non-hydrogen) atoms. The topological polar surface area (TPSA) is 78.5 Å². The summed E-state index contributed by atoms with van der Waals surface area (Å²) in [6, 6.07) is 11.9. The van der Waals surface area contributed by atoms with Crippen LogP contribution in [0.25, 0.3) is 0 Å². The van der Waals surface area contributed by atoms with Crippen LogP contribution in [0.2, 0.25) is 5.02 Å². The standard InChI is InChI=1S/C23H21Cl2N3O3/c1-13-17(24)10-5-11-18(13)28-22(30)19(25)20(23(28)31)26-16-9-4-6-14(12-16)21(29)27-15-7-2-3-8-15/h4-6,9-12,15,26H,2-3,7-8H2,1H3,(H,27,29). The molecule has 0 atom stereocenters. The van der Waals surface area contributed by atoms with Crippen molar-refractivity contribution >= 4 is 52.3 Å². The fourth-order valence-corrected chi connectivity index (χ4v) is 4.27. The van der Waals surface area contributed by atoms with E-state index in [9.17, 15) is 14.4 Å². The first-order chi connectivity index (χ1) is 14.9. The highest BCUT2D eigenvalue weighted by atomic mass is 35.5. The average Bonchev–Trinajstić information content (AvgIpc) is 3.34. The molecule has 0 bridgehead atoms. The molecule has 1 fully saturated rings. The van der Waals surface area contributed by atoms with Crippen LogP contribution in [0.5, 0.6) is 0 Å². The van der Waals surface area contributed by atoms with Crippen LogP contribution in [0.1, 0.15) is 41.6 Å². The lowest BCUT2D eigenvalue weighted by Gasteiger charge is -2.18. The van der Waals surface area contributed by atoms with Crippen molar-refractivity contribution in [2.24, 2.45) is 0 Å². The Labute approximate surface area is 190 Å². The minimum absolute atomic E-state index is 0.0422. The Kier molecular flexibility index (Phi) is 6.03. The number of amides is 3. The van der Waals surface area contributed by atoms with Crippen LogP contribution in [-0.4, -0.2) is 23.8 Å². The summed E-state index contributed by atoms with van der Waals surface area (Å²) < 4.78 is 0. The second-order valence-electron chi connectivity index (χ2n) is 7.68. The van der Waals surface area contributed by atoms with Crippen LogP contribution in [0.15, 0.2) is 53.2 Å².